The van der Waals surface area contributed by atoms with Gasteiger partial charge in [0.1, 0.15) is 0 Å². The van der Waals surface area contributed by atoms with Gasteiger partial charge in [-0.3, -0.25) is 9.78 Å². The Balaban J connectivity index is 1.84. The molecule has 0 aliphatic carbocycles. The number of hydrogen-bond acceptors (Lipinski definition) is 4. The Morgan fingerprint density at radius 1 is 1.65 bits per heavy atom. The summed E-state index contributed by atoms with van der Waals surface area (Å²) in [7, 11) is 0. The van der Waals surface area contributed by atoms with Gasteiger partial charge >= 0.3 is 0 Å². The van der Waals surface area contributed by atoms with Gasteiger partial charge in [0.25, 0.3) is 5.91 Å². The van der Waals surface area contributed by atoms with Gasteiger partial charge in [0.15, 0.2) is 0 Å². The van der Waals surface area contributed by atoms with E-state index >= 15 is 0 Å². The molecule has 1 aromatic rings. The smallest absolute Gasteiger partial charge is 0.252 e. The average Bonchev–Trinajstić information content (AvgIpc) is 2.37. The van der Waals surface area contributed by atoms with Gasteiger partial charge in [-0.25, -0.2) is 0 Å². The van der Waals surface area contributed by atoms with Crippen LogP contribution >= 0.6 is 15.9 Å². The van der Waals surface area contributed by atoms with E-state index in [1.807, 2.05) is 0 Å². The number of halogens is 1. The van der Waals surface area contributed by atoms with Crippen LogP contribution in [0, 0.1) is 0 Å². The molecule has 2 N–H and O–H groups in total. The van der Waals surface area contributed by atoms with Crippen molar-refractivity contribution in [3.8, 4) is 0 Å². The number of carbonyl (C=O) groups is 1. The fraction of sp³-hybridized carbons (Fsp3) is 0.455. The lowest BCUT2D eigenvalue weighted by atomic mass is 10.2. The Labute approximate surface area is 108 Å². The van der Waals surface area contributed by atoms with Crippen LogP contribution in [0.2, 0.25) is 0 Å². The number of pyridine rings is 1. The van der Waals surface area contributed by atoms with Crippen LogP contribution in [0.4, 0.5) is 0 Å². The molecule has 1 aliphatic rings. The quantitative estimate of drug-likeness (QED) is 0.856. The summed E-state index contributed by atoms with van der Waals surface area (Å²) in [4.78, 5) is 15.8. The Kier molecular flexibility index (Phi) is 4.47. The second-order valence-corrected chi connectivity index (χ2v) is 4.74. The van der Waals surface area contributed by atoms with Crippen molar-refractivity contribution >= 4 is 21.8 Å². The molecule has 6 heteroatoms. The first-order valence-corrected chi connectivity index (χ1v) is 6.25. The monoisotopic (exact) mass is 299 g/mol. The van der Waals surface area contributed by atoms with Crippen molar-refractivity contribution in [2.24, 2.45) is 0 Å². The number of ether oxygens (including phenoxy) is 1. The van der Waals surface area contributed by atoms with Crippen molar-refractivity contribution in [1.29, 1.82) is 0 Å². The number of carbonyl (C=O) groups excluding carboxylic acids is 1. The lowest BCUT2D eigenvalue weighted by Crippen LogP contribution is -2.48. The maximum Gasteiger partial charge on any atom is 0.252 e. The maximum atomic E-state index is 11.8. The first kappa shape index (κ1) is 12.5. The third-order valence-electron chi connectivity index (χ3n) is 2.47. The predicted molar refractivity (Wildman–Crippen MR) is 66.9 cm³/mol. The molecule has 1 unspecified atom stereocenters. The number of morpholine rings is 1. The molecule has 1 amide bonds. The predicted octanol–water partition coefficient (Wildman–Crippen LogP) is 0.562. The normalized spacial score (nSPS) is 19.9. The fourth-order valence-electron chi connectivity index (χ4n) is 1.60. The van der Waals surface area contributed by atoms with Crippen LogP contribution in [0.3, 0.4) is 0 Å². The summed E-state index contributed by atoms with van der Waals surface area (Å²) in [6.07, 6.45) is 3.19. The molecule has 0 spiro atoms. The first-order chi connectivity index (χ1) is 8.25. The van der Waals surface area contributed by atoms with Crippen molar-refractivity contribution in [1.82, 2.24) is 15.6 Å². The molecule has 1 aliphatic heterocycles. The molecule has 0 aromatic carbocycles. The van der Waals surface area contributed by atoms with Crippen molar-refractivity contribution in [2.75, 3.05) is 26.3 Å². The zero-order chi connectivity index (χ0) is 12.1. The summed E-state index contributed by atoms with van der Waals surface area (Å²) in [5.41, 5.74) is 0.552. The van der Waals surface area contributed by atoms with E-state index in [4.69, 9.17) is 4.74 Å². The molecule has 0 bridgehead atoms. The van der Waals surface area contributed by atoms with E-state index in [-0.39, 0.29) is 11.9 Å². The fourth-order valence-corrected chi connectivity index (χ4v) is 1.97. The zero-order valence-corrected chi connectivity index (χ0v) is 10.9. The molecule has 1 fully saturated rings. The molecule has 1 saturated heterocycles. The highest BCUT2D eigenvalue weighted by Gasteiger charge is 2.14. The number of rotatable bonds is 3. The van der Waals surface area contributed by atoms with Crippen molar-refractivity contribution < 1.29 is 9.53 Å². The van der Waals surface area contributed by atoms with Crippen LogP contribution in [0.5, 0.6) is 0 Å². The van der Waals surface area contributed by atoms with Crippen molar-refractivity contribution in [3.63, 3.8) is 0 Å². The van der Waals surface area contributed by atoms with Crippen molar-refractivity contribution in [3.05, 3.63) is 28.5 Å². The largest absolute Gasteiger partial charge is 0.378 e. The van der Waals surface area contributed by atoms with E-state index in [1.54, 1.807) is 18.5 Å². The number of nitrogens with zero attached hydrogens (tertiary/aromatic N) is 1. The Morgan fingerprint density at radius 3 is 3.24 bits per heavy atom. The minimum atomic E-state index is -0.119. The third-order valence-corrected chi connectivity index (χ3v) is 2.91. The number of nitrogens with one attached hydrogen (secondary N) is 2. The zero-order valence-electron chi connectivity index (χ0n) is 9.28. The molecule has 0 saturated carbocycles. The van der Waals surface area contributed by atoms with Gasteiger partial charge in [0.2, 0.25) is 0 Å². The summed E-state index contributed by atoms with van der Waals surface area (Å²) in [6.45, 7) is 2.77. The Morgan fingerprint density at radius 2 is 2.53 bits per heavy atom. The van der Waals surface area contributed by atoms with Crippen molar-refractivity contribution in [2.45, 2.75) is 6.04 Å². The second-order valence-electron chi connectivity index (χ2n) is 3.83. The summed E-state index contributed by atoms with van der Waals surface area (Å²) >= 11 is 3.28. The van der Waals surface area contributed by atoms with Gasteiger partial charge in [-0.15, -0.1) is 0 Å². The summed E-state index contributed by atoms with van der Waals surface area (Å²) in [6, 6.07) is 1.93. The summed E-state index contributed by atoms with van der Waals surface area (Å²) in [5.74, 6) is -0.119. The topological polar surface area (TPSA) is 63.2 Å². The molecular formula is C11H14BrN3O2. The molecular weight excluding hydrogens is 286 g/mol. The molecule has 1 aromatic heterocycles. The number of aromatic nitrogens is 1. The van der Waals surface area contributed by atoms with Gasteiger partial charge in [-0.05, 0) is 22.0 Å². The maximum absolute atomic E-state index is 11.8. The van der Waals surface area contributed by atoms with Crippen LogP contribution in [0.25, 0.3) is 0 Å². The minimum Gasteiger partial charge on any atom is -0.378 e. The third kappa shape index (κ3) is 3.76. The first-order valence-electron chi connectivity index (χ1n) is 5.45. The van der Waals surface area contributed by atoms with Crippen LogP contribution in [-0.2, 0) is 4.74 Å². The molecule has 1 atom stereocenters. The molecule has 2 rings (SSSR count). The molecule has 2 heterocycles. The van der Waals surface area contributed by atoms with Crippen LogP contribution in [-0.4, -0.2) is 43.2 Å². The van der Waals surface area contributed by atoms with Crippen LogP contribution in [0.15, 0.2) is 22.9 Å². The average molecular weight is 300 g/mol. The van der Waals surface area contributed by atoms with Gasteiger partial charge in [0.05, 0.1) is 18.8 Å². The van der Waals surface area contributed by atoms with Gasteiger partial charge in [-0.2, -0.15) is 0 Å². The van der Waals surface area contributed by atoms with Gasteiger partial charge in [-0.1, -0.05) is 0 Å². The molecule has 5 nitrogen and oxygen atoms in total. The van der Waals surface area contributed by atoms with E-state index in [9.17, 15) is 4.79 Å². The van der Waals surface area contributed by atoms with Crippen LogP contribution < -0.4 is 10.6 Å². The Hall–Kier alpha value is -0.980. The summed E-state index contributed by atoms with van der Waals surface area (Å²) < 4.78 is 6.10. The van der Waals surface area contributed by atoms with Crippen LogP contribution in [0.1, 0.15) is 10.4 Å². The lowest BCUT2D eigenvalue weighted by molar-refractivity contribution is 0.0734. The van der Waals surface area contributed by atoms with Gasteiger partial charge < -0.3 is 15.4 Å². The number of amides is 1. The van der Waals surface area contributed by atoms with E-state index in [1.165, 1.54) is 0 Å². The molecule has 17 heavy (non-hydrogen) atoms. The van der Waals surface area contributed by atoms with E-state index in [0.29, 0.717) is 18.7 Å². The summed E-state index contributed by atoms with van der Waals surface area (Å²) in [5, 5.41) is 6.13. The number of hydrogen-bond donors (Lipinski definition) is 2. The molecule has 0 radical (unpaired) electrons. The minimum absolute atomic E-state index is 0.119. The van der Waals surface area contributed by atoms with Gasteiger partial charge in [0, 0.05) is 36.0 Å². The highest BCUT2D eigenvalue weighted by atomic mass is 79.9. The molecule has 92 valence electrons. The van der Waals surface area contributed by atoms with E-state index in [2.05, 4.69) is 31.5 Å². The van der Waals surface area contributed by atoms with E-state index in [0.717, 1.165) is 17.6 Å². The van der Waals surface area contributed by atoms with E-state index < -0.39 is 0 Å². The second kappa shape index (κ2) is 6.09. The SMILES string of the molecule is O=C(NCC1COCCN1)c1cncc(Br)c1. The Bertz CT molecular complexity index is 394. The highest BCUT2D eigenvalue weighted by Crippen LogP contribution is 2.09. The standard InChI is InChI=1S/C11H14BrN3O2/c12-9-3-8(4-13-5-9)11(16)15-6-10-7-17-2-1-14-10/h3-5,10,14H,1-2,6-7H2,(H,15,16). The highest BCUT2D eigenvalue weighted by molar-refractivity contribution is 9.10. The lowest BCUT2D eigenvalue weighted by Gasteiger charge is -2.23.